The largest absolute Gasteiger partial charge is 0.361 e. The van der Waals surface area contributed by atoms with Gasteiger partial charge in [0.05, 0.1) is 12.2 Å². The van der Waals surface area contributed by atoms with Gasteiger partial charge in [0, 0.05) is 19.1 Å². The van der Waals surface area contributed by atoms with Gasteiger partial charge in [-0.1, -0.05) is 5.16 Å². The van der Waals surface area contributed by atoms with Gasteiger partial charge in [0.15, 0.2) is 0 Å². The summed E-state index contributed by atoms with van der Waals surface area (Å²) in [6.07, 6.45) is 2.54. The van der Waals surface area contributed by atoms with Gasteiger partial charge in [0.1, 0.15) is 11.3 Å². The predicted octanol–water partition coefficient (Wildman–Crippen LogP) is 0.964. The maximum Gasteiger partial charge on any atom is 0.259 e. The minimum absolute atomic E-state index is 0.0264. The SMILES string of the molecule is Cc1noc(C)c1C(=O)N1CCCC(NC(=O)CN(C)C)CC1. The van der Waals surface area contributed by atoms with Gasteiger partial charge in [-0.25, -0.2) is 0 Å². The summed E-state index contributed by atoms with van der Waals surface area (Å²) < 4.78 is 5.09. The highest BCUT2D eigenvalue weighted by molar-refractivity contribution is 5.96. The van der Waals surface area contributed by atoms with Crippen LogP contribution in [-0.4, -0.2) is 66.5 Å². The van der Waals surface area contributed by atoms with Gasteiger partial charge in [0.2, 0.25) is 5.91 Å². The molecule has 1 aromatic heterocycles. The van der Waals surface area contributed by atoms with E-state index in [-0.39, 0.29) is 17.9 Å². The number of carbonyl (C=O) groups is 2. The molecule has 0 saturated carbocycles. The topological polar surface area (TPSA) is 78.7 Å². The molecule has 2 rings (SSSR count). The summed E-state index contributed by atoms with van der Waals surface area (Å²) in [6.45, 7) is 5.26. The van der Waals surface area contributed by atoms with E-state index >= 15 is 0 Å². The molecule has 1 unspecified atom stereocenters. The zero-order valence-electron chi connectivity index (χ0n) is 14.4. The lowest BCUT2D eigenvalue weighted by Crippen LogP contribution is -2.41. The highest BCUT2D eigenvalue weighted by atomic mass is 16.5. The van der Waals surface area contributed by atoms with Crippen LogP contribution in [-0.2, 0) is 4.79 Å². The Hall–Kier alpha value is -1.89. The number of nitrogens with zero attached hydrogens (tertiary/aromatic N) is 3. The van der Waals surface area contributed by atoms with Crippen LogP contribution < -0.4 is 5.32 Å². The molecule has 1 N–H and O–H groups in total. The molecule has 7 heteroatoms. The Morgan fingerprint density at radius 3 is 2.65 bits per heavy atom. The van der Waals surface area contributed by atoms with E-state index in [9.17, 15) is 9.59 Å². The minimum Gasteiger partial charge on any atom is -0.361 e. The monoisotopic (exact) mass is 322 g/mol. The van der Waals surface area contributed by atoms with Crippen molar-refractivity contribution in [3.63, 3.8) is 0 Å². The van der Waals surface area contributed by atoms with Gasteiger partial charge >= 0.3 is 0 Å². The maximum absolute atomic E-state index is 12.7. The van der Waals surface area contributed by atoms with E-state index in [2.05, 4.69) is 10.5 Å². The number of likely N-dealkylation sites (N-methyl/N-ethyl adjacent to an activating group) is 1. The van der Waals surface area contributed by atoms with E-state index in [0.717, 1.165) is 19.3 Å². The zero-order valence-corrected chi connectivity index (χ0v) is 14.4. The van der Waals surface area contributed by atoms with Crippen molar-refractivity contribution in [2.45, 2.75) is 39.2 Å². The van der Waals surface area contributed by atoms with Crippen LogP contribution >= 0.6 is 0 Å². The fourth-order valence-electron chi connectivity index (χ4n) is 2.95. The third-order valence-corrected chi connectivity index (χ3v) is 4.09. The normalized spacial score (nSPS) is 18.8. The summed E-state index contributed by atoms with van der Waals surface area (Å²) in [5, 5.41) is 6.91. The standard InChI is InChI=1S/C16H26N4O3/c1-11-15(12(2)23-18-11)16(22)20-8-5-6-13(7-9-20)17-14(21)10-19(3)4/h13H,5-10H2,1-4H3,(H,17,21). The van der Waals surface area contributed by atoms with Crippen LogP contribution in [0.4, 0.5) is 0 Å². The van der Waals surface area contributed by atoms with Crippen molar-refractivity contribution >= 4 is 11.8 Å². The summed E-state index contributed by atoms with van der Waals surface area (Å²) in [5.74, 6) is 0.569. The van der Waals surface area contributed by atoms with Crippen molar-refractivity contribution in [2.24, 2.45) is 0 Å². The first kappa shape index (κ1) is 17.5. The zero-order chi connectivity index (χ0) is 17.0. The Labute approximate surface area is 137 Å². The van der Waals surface area contributed by atoms with E-state index in [4.69, 9.17) is 4.52 Å². The van der Waals surface area contributed by atoms with Gasteiger partial charge in [-0.2, -0.15) is 0 Å². The number of hydrogen-bond acceptors (Lipinski definition) is 5. The van der Waals surface area contributed by atoms with Crippen molar-refractivity contribution in [3.8, 4) is 0 Å². The Bertz CT molecular complexity index is 548. The number of nitrogens with one attached hydrogen (secondary N) is 1. The molecule has 2 heterocycles. The van der Waals surface area contributed by atoms with Crippen LogP contribution in [0.25, 0.3) is 0 Å². The summed E-state index contributed by atoms with van der Waals surface area (Å²) in [7, 11) is 3.74. The second kappa shape index (κ2) is 7.59. The summed E-state index contributed by atoms with van der Waals surface area (Å²) in [6, 6.07) is 0.130. The first-order chi connectivity index (χ1) is 10.9. The molecule has 7 nitrogen and oxygen atoms in total. The van der Waals surface area contributed by atoms with Crippen molar-refractivity contribution in [2.75, 3.05) is 33.7 Å². The van der Waals surface area contributed by atoms with Crippen LogP contribution in [0.2, 0.25) is 0 Å². The van der Waals surface area contributed by atoms with Gasteiger partial charge in [-0.3, -0.25) is 9.59 Å². The van der Waals surface area contributed by atoms with E-state index < -0.39 is 0 Å². The molecule has 1 aliphatic heterocycles. The number of amides is 2. The average Bonchev–Trinajstić information content (AvgIpc) is 2.67. The average molecular weight is 322 g/mol. The van der Waals surface area contributed by atoms with Gasteiger partial charge in [-0.15, -0.1) is 0 Å². The van der Waals surface area contributed by atoms with Crippen molar-refractivity contribution in [3.05, 3.63) is 17.0 Å². The van der Waals surface area contributed by atoms with Crippen LogP contribution in [0.1, 0.15) is 41.1 Å². The van der Waals surface area contributed by atoms with E-state index in [1.54, 1.807) is 13.8 Å². The lowest BCUT2D eigenvalue weighted by Gasteiger charge is -2.21. The number of aryl methyl sites for hydroxylation is 2. The van der Waals surface area contributed by atoms with E-state index in [1.807, 2.05) is 23.9 Å². The summed E-state index contributed by atoms with van der Waals surface area (Å²) in [4.78, 5) is 28.2. The highest BCUT2D eigenvalue weighted by Gasteiger charge is 2.26. The number of hydrogen-bond donors (Lipinski definition) is 1. The number of likely N-dealkylation sites (tertiary alicyclic amines) is 1. The maximum atomic E-state index is 12.7. The Balaban J connectivity index is 1.93. The predicted molar refractivity (Wildman–Crippen MR) is 86.2 cm³/mol. The molecule has 1 saturated heterocycles. The van der Waals surface area contributed by atoms with Gasteiger partial charge in [-0.05, 0) is 47.2 Å². The van der Waals surface area contributed by atoms with Crippen LogP contribution in [0, 0.1) is 13.8 Å². The van der Waals surface area contributed by atoms with Gasteiger partial charge < -0.3 is 19.6 Å². The summed E-state index contributed by atoms with van der Waals surface area (Å²) in [5.41, 5.74) is 1.20. The van der Waals surface area contributed by atoms with Crippen LogP contribution in [0.5, 0.6) is 0 Å². The lowest BCUT2D eigenvalue weighted by atomic mass is 10.1. The third-order valence-electron chi connectivity index (χ3n) is 4.09. The van der Waals surface area contributed by atoms with Crippen molar-refractivity contribution in [1.29, 1.82) is 0 Å². The molecule has 1 atom stereocenters. The lowest BCUT2D eigenvalue weighted by molar-refractivity contribution is -0.122. The number of aromatic nitrogens is 1. The molecule has 1 aromatic rings. The number of carbonyl (C=O) groups excluding carboxylic acids is 2. The van der Waals surface area contributed by atoms with Gasteiger partial charge in [0.25, 0.3) is 5.91 Å². The molecule has 0 radical (unpaired) electrons. The third kappa shape index (κ3) is 4.54. The molecular formula is C16H26N4O3. The Kier molecular flexibility index (Phi) is 5.76. The Morgan fingerprint density at radius 1 is 1.30 bits per heavy atom. The molecule has 0 aliphatic carbocycles. The molecule has 1 fully saturated rings. The minimum atomic E-state index is -0.0264. The second-order valence-corrected chi connectivity index (χ2v) is 6.42. The van der Waals surface area contributed by atoms with Crippen molar-refractivity contribution < 1.29 is 14.1 Å². The molecule has 0 aromatic carbocycles. The molecule has 1 aliphatic rings. The molecule has 23 heavy (non-hydrogen) atoms. The van der Waals surface area contributed by atoms with E-state index in [0.29, 0.717) is 36.7 Å². The molecule has 0 bridgehead atoms. The second-order valence-electron chi connectivity index (χ2n) is 6.42. The van der Waals surface area contributed by atoms with Crippen molar-refractivity contribution in [1.82, 2.24) is 20.3 Å². The first-order valence-electron chi connectivity index (χ1n) is 8.04. The molecule has 2 amide bonds. The number of rotatable bonds is 4. The smallest absolute Gasteiger partial charge is 0.259 e. The van der Waals surface area contributed by atoms with Crippen LogP contribution in [0.15, 0.2) is 4.52 Å². The molecule has 128 valence electrons. The molecule has 0 spiro atoms. The van der Waals surface area contributed by atoms with E-state index in [1.165, 1.54) is 0 Å². The molecular weight excluding hydrogens is 296 g/mol. The fraction of sp³-hybridized carbons (Fsp3) is 0.688. The fourth-order valence-corrected chi connectivity index (χ4v) is 2.95. The summed E-state index contributed by atoms with van der Waals surface area (Å²) >= 11 is 0. The Morgan fingerprint density at radius 2 is 2.04 bits per heavy atom. The highest BCUT2D eigenvalue weighted by Crippen LogP contribution is 2.18. The quantitative estimate of drug-likeness (QED) is 0.893. The van der Waals surface area contributed by atoms with Crippen LogP contribution in [0.3, 0.4) is 0 Å². The first-order valence-corrected chi connectivity index (χ1v) is 8.04.